The van der Waals surface area contributed by atoms with Crippen LogP contribution in [0.15, 0.2) is 0 Å². The van der Waals surface area contributed by atoms with Crippen molar-refractivity contribution in [3.63, 3.8) is 0 Å². The number of carbonyl (C=O) groups is 1. The van der Waals surface area contributed by atoms with Crippen LogP contribution in [0.5, 0.6) is 0 Å². The molecule has 2 N–H and O–H groups in total. The predicted octanol–water partition coefficient (Wildman–Crippen LogP) is 1.82. The maximum atomic E-state index is 11.1. The highest BCUT2D eigenvalue weighted by Gasteiger charge is 2.18. The Morgan fingerprint density at radius 1 is 1.55 bits per heavy atom. The van der Waals surface area contributed by atoms with Crippen molar-refractivity contribution in [2.45, 2.75) is 33.3 Å². The average Bonchev–Trinajstić information content (AvgIpc) is 1.82. The first-order valence-electron chi connectivity index (χ1n) is 3.62. The number of hydrogen-bond acceptors (Lipinski definition) is 3. The van der Waals surface area contributed by atoms with E-state index in [-0.39, 0.29) is 5.30 Å². The van der Waals surface area contributed by atoms with Crippen molar-refractivity contribution in [2.24, 2.45) is 5.14 Å². The van der Waals surface area contributed by atoms with Gasteiger partial charge in [0, 0.05) is 0 Å². The van der Waals surface area contributed by atoms with E-state index in [0.717, 1.165) is 0 Å². The largest absolute Gasteiger partial charge is 0.452 e. The van der Waals surface area contributed by atoms with Crippen LogP contribution in [0.25, 0.3) is 0 Å². The Kier molecular flexibility index (Phi) is 3.89. The van der Waals surface area contributed by atoms with E-state index in [0.29, 0.717) is 5.75 Å². The van der Waals surface area contributed by atoms with Gasteiger partial charge in [0.15, 0.2) is 0 Å². The van der Waals surface area contributed by atoms with Crippen LogP contribution < -0.4 is 5.14 Å². The van der Waals surface area contributed by atoms with Crippen molar-refractivity contribution in [1.82, 2.24) is 0 Å². The third kappa shape index (κ3) is 5.09. The molecule has 0 bridgehead atoms. The zero-order valence-electron chi connectivity index (χ0n) is 7.55. The SMILES string of the molecule is CC[SH](N)C(=O)OC(C)(C)C. The van der Waals surface area contributed by atoms with Crippen LogP contribution in [-0.2, 0) is 4.74 Å². The molecule has 1 atom stereocenters. The predicted molar refractivity (Wildman–Crippen MR) is 49.9 cm³/mol. The number of thiol groups is 1. The Morgan fingerprint density at radius 3 is 2.27 bits per heavy atom. The molecule has 0 rings (SSSR count). The molecule has 11 heavy (non-hydrogen) atoms. The minimum Gasteiger partial charge on any atom is -0.452 e. The van der Waals surface area contributed by atoms with E-state index in [1.807, 2.05) is 27.7 Å². The first kappa shape index (κ1) is 10.8. The van der Waals surface area contributed by atoms with Gasteiger partial charge in [0.25, 0.3) is 0 Å². The second-order valence-corrected chi connectivity index (χ2v) is 5.20. The molecule has 4 heteroatoms. The normalized spacial score (nSPS) is 15.9. The van der Waals surface area contributed by atoms with Gasteiger partial charge in [0.1, 0.15) is 5.60 Å². The summed E-state index contributed by atoms with van der Waals surface area (Å²) < 4.78 is 5.06. The molecule has 0 aliphatic rings. The molecule has 0 radical (unpaired) electrons. The Morgan fingerprint density at radius 2 is 2.00 bits per heavy atom. The molecule has 1 unspecified atom stereocenters. The van der Waals surface area contributed by atoms with Gasteiger partial charge in [-0.3, -0.25) is 5.14 Å². The van der Waals surface area contributed by atoms with Gasteiger partial charge < -0.3 is 4.74 Å². The van der Waals surface area contributed by atoms with Gasteiger partial charge in [0.05, 0.1) is 0 Å². The van der Waals surface area contributed by atoms with Crippen LogP contribution in [0.4, 0.5) is 4.79 Å². The Labute approximate surface area is 70.8 Å². The van der Waals surface area contributed by atoms with Gasteiger partial charge in [-0.25, -0.2) is 4.79 Å². The van der Waals surface area contributed by atoms with Gasteiger partial charge in [-0.2, -0.15) is 0 Å². The fourth-order valence-corrected chi connectivity index (χ4v) is 1.10. The highest BCUT2D eigenvalue weighted by atomic mass is 32.2. The zero-order valence-corrected chi connectivity index (χ0v) is 8.44. The Balaban J connectivity index is 3.88. The number of hydrogen-bond donors (Lipinski definition) is 2. The summed E-state index contributed by atoms with van der Waals surface area (Å²) >= 11 is -1.07. The van der Waals surface area contributed by atoms with Crippen molar-refractivity contribution in [2.75, 3.05) is 5.75 Å². The minimum absolute atomic E-state index is 0.255. The number of rotatable bonds is 1. The molecule has 0 aliphatic heterocycles. The van der Waals surface area contributed by atoms with Gasteiger partial charge in [0.2, 0.25) is 0 Å². The van der Waals surface area contributed by atoms with E-state index in [9.17, 15) is 4.79 Å². The highest BCUT2D eigenvalue weighted by Crippen LogP contribution is 2.21. The van der Waals surface area contributed by atoms with Crippen LogP contribution in [0.2, 0.25) is 0 Å². The summed E-state index contributed by atoms with van der Waals surface area (Å²) in [6.07, 6.45) is 0. The Hall–Kier alpha value is -0.220. The third-order valence-corrected chi connectivity index (χ3v) is 2.21. The molecule has 0 fully saturated rings. The molecule has 3 nitrogen and oxygen atoms in total. The molecule has 0 aliphatic carbocycles. The van der Waals surface area contributed by atoms with Gasteiger partial charge >= 0.3 is 5.30 Å². The molecular weight excluding hydrogens is 162 g/mol. The molecule has 0 saturated carbocycles. The molecule has 68 valence electrons. The van der Waals surface area contributed by atoms with Crippen molar-refractivity contribution < 1.29 is 9.53 Å². The van der Waals surface area contributed by atoms with E-state index >= 15 is 0 Å². The lowest BCUT2D eigenvalue weighted by molar-refractivity contribution is 0.0734. The molecule has 0 saturated heterocycles. The molecule has 0 amide bonds. The summed E-state index contributed by atoms with van der Waals surface area (Å²) in [5, 5.41) is 5.26. The minimum atomic E-state index is -1.07. The second-order valence-electron chi connectivity index (χ2n) is 3.27. The maximum Gasteiger partial charge on any atom is 0.359 e. The standard InChI is InChI=1S/C7H17NO2S/c1-5-11(8)6(9)10-7(2,3)4/h11H,5,8H2,1-4H3. The van der Waals surface area contributed by atoms with E-state index in [1.54, 1.807) is 0 Å². The first-order valence-corrected chi connectivity index (χ1v) is 5.21. The molecule has 0 spiro atoms. The molecular formula is C7H17NO2S. The second kappa shape index (κ2) is 3.97. The first-order chi connectivity index (χ1) is 4.87. The quantitative estimate of drug-likeness (QED) is 0.477. The van der Waals surface area contributed by atoms with Gasteiger partial charge in [-0.15, -0.1) is 11.1 Å². The summed E-state index contributed by atoms with van der Waals surface area (Å²) in [7, 11) is 0. The summed E-state index contributed by atoms with van der Waals surface area (Å²) in [5.41, 5.74) is -0.411. The summed E-state index contributed by atoms with van der Waals surface area (Å²) in [5.74, 6) is 0.685. The van der Waals surface area contributed by atoms with Crippen molar-refractivity contribution in [1.29, 1.82) is 0 Å². The van der Waals surface area contributed by atoms with Crippen LogP contribution in [-0.4, -0.2) is 16.7 Å². The van der Waals surface area contributed by atoms with Crippen molar-refractivity contribution >= 4 is 16.4 Å². The van der Waals surface area contributed by atoms with Crippen LogP contribution in [0.1, 0.15) is 27.7 Å². The number of carbonyl (C=O) groups excluding carboxylic acids is 1. The van der Waals surface area contributed by atoms with E-state index in [2.05, 4.69) is 0 Å². The smallest absolute Gasteiger partial charge is 0.359 e. The molecule has 0 aromatic rings. The van der Waals surface area contributed by atoms with Crippen LogP contribution in [0, 0.1) is 0 Å². The summed E-state index contributed by atoms with van der Waals surface area (Å²) in [6.45, 7) is 7.40. The summed E-state index contributed by atoms with van der Waals surface area (Å²) in [4.78, 5) is 11.1. The zero-order chi connectivity index (χ0) is 9.07. The van der Waals surface area contributed by atoms with Gasteiger partial charge in [-0.05, 0) is 26.5 Å². The van der Waals surface area contributed by atoms with E-state index in [4.69, 9.17) is 9.88 Å². The number of nitrogens with two attached hydrogens (primary N) is 1. The lowest BCUT2D eigenvalue weighted by Crippen LogP contribution is -2.25. The fraction of sp³-hybridized carbons (Fsp3) is 0.857. The summed E-state index contributed by atoms with van der Waals surface area (Å²) in [6, 6.07) is 0. The highest BCUT2D eigenvalue weighted by molar-refractivity contribution is 8.27. The Bertz CT molecular complexity index is 142. The monoisotopic (exact) mass is 179 g/mol. The van der Waals surface area contributed by atoms with Crippen LogP contribution >= 0.6 is 11.1 Å². The lowest BCUT2D eigenvalue weighted by atomic mass is 10.2. The van der Waals surface area contributed by atoms with Crippen LogP contribution in [0.3, 0.4) is 0 Å². The average molecular weight is 179 g/mol. The number of ether oxygens (including phenoxy) is 1. The van der Waals surface area contributed by atoms with Crippen molar-refractivity contribution in [3.8, 4) is 0 Å². The third-order valence-electron chi connectivity index (χ3n) is 0.969. The van der Waals surface area contributed by atoms with E-state index in [1.165, 1.54) is 0 Å². The van der Waals surface area contributed by atoms with Gasteiger partial charge in [-0.1, -0.05) is 6.92 Å². The fourth-order valence-electron chi connectivity index (χ4n) is 0.450. The topological polar surface area (TPSA) is 52.3 Å². The lowest BCUT2D eigenvalue weighted by Gasteiger charge is -2.22. The van der Waals surface area contributed by atoms with E-state index < -0.39 is 16.7 Å². The maximum absolute atomic E-state index is 11.1. The molecule has 0 aromatic heterocycles. The molecule has 0 aromatic carbocycles. The van der Waals surface area contributed by atoms with Crippen molar-refractivity contribution in [3.05, 3.63) is 0 Å². The molecule has 0 heterocycles.